The van der Waals surface area contributed by atoms with Gasteiger partial charge in [0.15, 0.2) is 0 Å². The molecule has 4 rings (SSSR count). The molecule has 3 aliphatic heterocycles. The van der Waals surface area contributed by atoms with Crippen molar-refractivity contribution in [2.24, 2.45) is 5.41 Å². The van der Waals surface area contributed by atoms with Crippen LogP contribution in [0.1, 0.15) is 38.5 Å². The number of rotatable bonds is 1. The molecule has 1 aliphatic carbocycles. The predicted molar refractivity (Wildman–Crippen MR) is 67.0 cm³/mol. The van der Waals surface area contributed by atoms with Crippen molar-refractivity contribution in [2.75, 3.05) is 26.3 Å². The summed E-state index contributed by atoms with van der Waals surface area (Å²) in [6.45, 7) is 4.25. The highest BCUT2D eigenvalue weighted by molar-refractivity contribution is 5.07. The number of fused-ring (bicyclic) bond motifs is 2. The fourth-order valence-corrected chi connectivity index (χ4v) is 4.83. The number of nitrogens with one attached hydrogen (secondary N) is 1. The Kier molecular flexibility index (Phi) is 2.50. The second-order valence-corrected chi connectivity index (χ2v) is 6.76. The summed E-state index contributed by atoms with van der Waals surface area (Å²) in [6, 6.07) is 2.61. The van der Waals surface area contributed by atoms with Gasteiger partial charge in [0.1, 0.15) is 0 Å². The average molecular weight is 236 g/mol. The zero-order valence-corrected chi connectivity index (χ0v) is 10.7. The summed E-state index contributed by atoms with van der Waals surface area (Å²) in [5, 5.41) is 3.77. The van der Waals surface area contributed by atoms with Crippen molar-refractivity contribution >= 4 is 0 Å². The number of hydrogen-bond donors (Lipinski definition) is 1. The number of ether oxygens (including phenoxy) is 1. The Balaban J connectivity index is 1.37. The van der Waals surface area contributed by atoms with Gasteiger partial charge in [0.2, 0.25) is 0 Å². The molecule has 3 saturated heterocycles. The van der Waals surface area contributed by atoms with Gasteiger partial charge in [-0.15, -0.1) is 0 Å². The van der Waals surface area contributed by atoms with E-state index in [9.17, 15) is 0 Å². The summed E-state index contributed by atoms with van der Waals surface area (Å²) in [7, 11) is 0. The quantitative estimate of drug-likeness (QED) is 0.744. The predicted octanol–water partition coefficient (Wildman–Crippen LogP) is 1.38. The summed E-state index contributed by atoms with van der Waals surface area (Å²) in [5.74, 6) is 0. The van der Waals surface area contributed by atoms with Crippen LogP contribution in [0.4, 0.5) is 0 Å². The fraction of sp³-hybridized carbons (Fsp3) is 1.00. The van der Waals surface area contributed by atoms with E-state index in [1.807, 2.05) is 0 Å². The monoisotopic (exact) mass is 236 g/mol. The largest absolute Gasteiger partial charge is 0.379 e. The first-order valence-electron chi connectivity index (χ1n) is 7.41. The Bertz CT molecular complexity index is 281. The Labute approximate surface area is 104 Å². The first-order valence-corrected chi connectivity index (χ1v) is 7.41. The summed E-state index contributed by atoms with van der Waals surface area (Å²) in [6.07, 6.45) is 8.75. The molecule has 4 aliphatic rings. The third-order valence-electron chi connectivity index (χ3n) is 5.59. The topological polar surface area (TPSA) is 24.5 Å². The molecule has 2 bridgehead atoms. The molecule has 3 heterocycles. The van der Waals surface area contributed by atoms with Crippen molar-refractivity contribution < 1.29 is 4.74 Å². The maximum atomic E-state index is 5.45. The molecular formula is C14H24N2O. The maximum absolute atomic E-state index is 5.45. The van der Waals surface area contributed by atoms with Crippen LogP contribution in [-0.4, -0.2) is 49.3 Å². The summed E-state index contributed by atoms with van der Waals surface area (Å²) >= 11 is 0. The van der Waals surface area contributed by atoms with Crippen molar-refractivity contribution in [1.82, 2.24) is 10.2 Å². The molecule has 3 heteroatoms. The zero-order chi connectivity index (χ0) is 11.3. The number of piperidine rings is 1. The molecule has 1 N–H and O–H groups in total. The van der Waals surface area contributed by atoms with E-state index in [1.54, 1.807) is 0 Å². The van der Waals surface area contributed by atoms with Crippen molar-refractivity contribution in [3.8, 4) is 0 Å². The van der Waals surface area contributed by atoms with Crippen LogP contribution in [0.3, 0.4) is 0 Å². The molecule has 0 amide bonds. The van der Waals surface area contributed by atoms with Crippen LogP contribution < -0.4 is 5.32 Å². The highest BCUT2D eigenvalue weighted by Gasteiger charge is 2.52. The minimum Gasteiger partial charge on any atom is -0.379 e. The van der Waals surface area contributed by atoms with E-state index in [0.29, 0.717) is 0 Å². The van der Waals surface area contributed by atoms with E-state index in [4.69, 9.17) is 4.74 Å². The van der Waals surface area contributed by atoms with Crippen LogP contribution >= 0.6 is 0 Å². The van der Waals surface area contributed by atoms with Gasteiger partial charge in [0, 0.05) is 31.2 Å². The number of hydrogen-bond acceptors (Lipinski definition) is 3. The standard InChI is InChI=1S/C14H24N2O/c1-2-12-8-14(7-11(1)15-12)9-13(10-14)16-3-5-17-6-4-16/h11-13,15H,1-10H2. The van der Waals surface area contributed by atoms with E-state index in [2.05, 4.69) is 10.2 Å². The Morgan fingerprint density at radius 3 is 2.24 bits per heavy atom. The van der Waals surface area contributed by atoms with Gasteiger partial charge in [-0.3, -0.25) is 4.90 Å². The maximum Gasteiger partial charge on any atom is 0.0594 e. The molecule has 2 unspecified atom stereocenters. The highest BCUT2D eigenvalue weighted by atomic mass is 16.5. The zero-order valence-electron chi connectivity index (χ0n) is 10.7. The SMILES string of the molecule is C1CN(C2CC3(CC4CCC(C3)N4)C2)CCO1. The molecule has 17 heavy (non-hydrogen) atoms. The molecular weight excluding hydrogens is 212 g/mol. The van der Waals surface area contributed by atoms with Crippen molar-refractivity contribution in [3.05, 3.63) is 0 Å². The van der Waals surface area contributed by atoms with Gasteiger partial charge in [0.25, 0.3) is 0 Å². The van der Waals surface area contributed by atoms with Gasteiger partial charge in [-0.2, -0.15) is 0 Å². The average Bonchev–Trinajstić information content (AvgIpc) is 2.67. The normalized spacial score (nSPS) is 50.5. The van der Waals surface area contributed by atoms with Crippen LogP contribution in [0.2, 0.25) is 0 Å². The van der Waals surface area contributed by atoms with E-state index >= 15 is 0 Å². The van der Waals surface area contributed by atoms with Crippen LogP contribution in [0, 0.1) is 5.41 Å². The van der Waals surface area contributed by atoms with Crippen LogP contribution in [-0.2, 0) is 4.74 Å². The minimum atomic E-state index is 0.736. The molecule has 2 atom stereocenters. The van der Waals surface area contributed by atoms with E-state index in [0.717, 1.165) is 36.8 Å². The first-order chi connectivity index (χ1) is 8.33. The van der Waals surface area contributed by atoms with Gasteiger partial charge in [-0.05, 0) is 43.9 Å². The van der Waals surface area contributed by atoms with Gasteiger partial charge in [0.05, 0.1) is 13.2 Å². The lowest BCUT2D eigenvalue weighted by atomic mass is 9.58. The van der Waals surface area contributed by atoms with Gasteiger partial charge >= 0.3 is 0 Å². The lowest BCUT2D eigenvalue weighted by Crippen LogP contribution is -2.58. The van der Waals surface area contributed by atoms with Crippen LogP contribution in [0.25, 0.3) is 0 Å². The molecule has 0 aromatic carbocycles. The molecule has 0 radical (unpaired) electrons. The second-order valence-electron chi connectivity index (χ2n) is 6.76. The minimum absolute atomic E-state index is 0.736. The Morgan fingerprint density at radius 2 is 1.59 bits per heavy atom. The fourth-order valence-electron chi connectivity index (χ4n) is 4.83. The van der Waals surface area contributed by atoms with Gasteiger partial charge < -0.3 is 10.1 Å². The second kappa shape index (κ2) is 3.94. The highest BCUT2D eigenvalue weighted by Crippen LogP contribution is 2.54. The molecule has 1 spiro atoms. The molecule has 96 valence electrons. The molecule has 4 fully saturated rings. The van der Waals surface area contributed by atoms with E-state index in [1.165, 1.54) is 51.6 Å². The van der Waals surface area contributed by atoms with Crippen molar-refractivity contribution in [2.45, 2.75) is 56.7 Å². The smallest absolute Gasteiger partial charge is 0.0594 e. The van der Waals surface area contributed by atoms with Crippen molar-refractivity contribution in [3.63, 3.8) is 0 Å². The Hall–Kier alpha value is -0.120. The van der Waals surface area contributed by atoms with Crippen molar-refractivity contribution in [1.29, 1.82) is 0 Å². The molecule has 1 saturated carbocycles. The lowest BCUT2D eigenvalue weighted by molar-refractivity contribution is -0.0681. The lowest BCUT2D eigenvalue weighted by Gasteiger charge is -2.56. The van der Waals surface area contributed by atoms with Crippen LogP contribution in [0.5, 0.6) is 0 Å². The van der Waals surface area contributed by atoms with Crippen LogP contribution in [0.15, 0.2) is 0 Å². The molecule has 0 aromatic rings. The number of morpholine rings is 1. The third-order valence-corrected chi connectivity index (χ3v) is 5.59. The third kappa shape index (κ3) is 1.83. The van der Waals surface area contributed by atoms with Gasteiger partial charge in [-0.25, -0.2) is 0 Å². The summed E-state index contributed by atoms with van der Waals surface area (Å²) < 4.78 is 5.45. The van der Waals surface area contributed by atoms with Gasteiger partial charge in [-0.1, -0.05) is 0 Å². The van der Waals surface area contributed by atoms with E-state index in [-0.39, 0.29) is 0 Å². The molecule has 0 aromatic heterocycles. The summed E-state index contributed by atoms with van der Waals surface area (Å²) in [5.41, 5.74) is 0.736. The summed E-state index contributed by atoms with van der Waals surface area (Å²) in [4.78, 5) is 2.68. The number of nitrogens with zero attached hydrogens (tertiary/aromatic N) is 1. The van der Waals surface area contributed by atoms with E-state index < -0.39 is 0 Å². The molecule has 3 nitrogen and oxygen atoms in total. The Morgan fingerprint density at radius 1 is 0.941 bits per heavy atom. The first kappa shape index (κ1) is 10.8.